The number of nitrogens with zero attached hydrogens (tertiary/aromatic N) is 1. The topological polar surface area (TPSA) is 54.0 Å². The summed E-state index contributed by atoms with van der Waals surface area (Å²) in [5.41, 5.74) is 0.924. The lowest BCUT2D eigenvalue weighted by Crippen LogP contribution is -2.38. The Morgan fingerprint density at radius 2 is 2.22 bits per heavy atom. The van der Waals surface area contributed by atoms with Crippen molar-refractivity contribution < 1.29 is 18.0 Å². The molecule has 1 aromatic heterocycles. The van der Waals surface area contributed by atoms with Crippen molar-refractivity contribution in [3.8, 4) is 0 Å². The van der Waals surface area contributed by atoms with Crippen molar-refractivity contribution in [2.75, 3.05) is 19.6 Å². The van der Waals surface area contributed by atoms with Crippen molar-refractivity contribution in [3.05, 3.63) is 16.1 Å². The van der Waals surface area contributed by atoms with Gasteiger partial charge in [-0.15, -0.1) is 11.3 Å². The first-order valence-electron chi connectivity index (χ1n) is 5.32. The van der Waals surface area contributed by atoms with Gasteiger partial charge in [-0.25, -0.2) is 4.98 Å². The second kappa shape index (κ2) is 6.69. The smallest absolute Gasteiger partial charge is 0.355 e. The highest BCUT2D eigenvalue weighted by atomic mass is 32.1. The minimum absolute atomic E-state index is 0.337. The van der Waals surface area contributed by atoms with Gasteiger partial charge in [-0.1, -0.05) is 0 Å². The van der Waals surface area contributed by atoms with Gasteiger partial charge in [0.2, 0.25) is 5.91 Å². The number of hydrogen-bond acceptors (Lipinski definition) is 4. The average Bonchev–Trinajstić information content (AvgIpc) is 2.62. The molecule has 0 saturated carbocycles. The van der Waals surface area contributed by atoms with Gasteiger partial charge < -0.3 is 10.6 Å². The Morgan fingerprint density at radius 1 is 1.50 bits per heavy atom. The normalized spacial score (nSPS) is 11.6. The molecule has 0 saturated heterocycles. The molecule has 1 heterocycles. The second-order valence-corrected chi connectivity index (χ2v) is 4.64. The van der Waals surface area contributed by atoms with Crippen molar-refractivity contribution in [1.82, 2.24) is 15.6 Å². The molecule has 0 aromatic carbocycles. The number of aryl methyl sites for hydroxylation is 1. The van der Waals surface area contributed by atoms with Gasteiger partial charge in [0.25, 0.3) is 0 Å². The molecule has 0 aliphatic heterocycles. The van der Waals surface area contributed by atoms with E-state index in [-0.39, 0.29) is 6.54 Å². The third-order valence-corrected chi connectivity index (χ3v) is 2.97. The first-order valence-corrected chi connectivity index (χ1v) is 6.20. The lowest BCUT2D eigenvalue weighted by atomic mass is 10.4. The SMILES string of the molecule is Cc1csc(CCNC(=O)CNCC(F)(F)F)n1. The van der Waals surface area contributed by atoms with E-state index in [2.05, 4.69) is 10.3 Å². The van der Waals surface area contributed by atoms with Crippen molar-refractivity contribution in [2.24, 2.45) is 0 Å². The van der Waals surface area contributed by atoms with Gasteiger partial charge in [0, 0.05) is 24.0 Å². The molecule has 0 fully saturated rings. The number of thiazole rings is 1. The van der Waals surface area contributed by atoms with Crippen LogP contribution in [0.25, 0.3) is 0 Å². The molecule has 4 nitrogen and oxygen atoms in total. The molecule has 0 spiro atoms. The molecule has 8 heteroatoms. The minimum Gasteiger partial charge on any atom is -0.355 e. The Bertz CT molecular complexity index is 392. The van der Waals surface area contributed by atoms with Crippen LogP contribution in [-0.2, 0) is 11.2 Å². The van der Waals surface area contributed by atoms with Crippen LogP contribution in [0.3, 0.4) is 0 Å². The standard InChI is InChI=1S/C10H14F3N3OS/c1-7-5-18-9(16-7)2-3-15-8(17)4-14-6-10(11,12)13/h5,14H,2-4,6H2,1H3,(H,15,17). The van der Waals surface area contributed by atoms with Crippen molar-refractivity contribution in [3.63, 3.8) is 0 Å². The molecule has 2 N–H and O–H groups in total. The molecule has 1 amide bonds. The van der Waals surface area contributed by atoms with E-state index < -0.39 is 18.6 Å². The van der Waals surface area contributed by atoms with Gasteiger partial charge in [-0.2, -0.15) is 13.2 Å². The molecule has 0 aliphatic rings. The molecule has 0 aliphatic carbocycles. The van der Waals surface area contributed by atoms with Crippen LogP contribution < -0.4 is 10.6 Å². The zero-order valence-corrected chi connectivity index (χ0v) is 10.6. The van der Waals surface area contributed by atoms with Crippen LogP contribution in [0.5, 0.6) is 0 Å². The summed E-state index contributed by atoms with van der Waals surface area (Å²) >= 11 is 1.50. The number of rotatable bonds is 6. The number of halogens is 3. The molecule has 18 heavy (non-hydrogen) atoms. The van der Waals surface area contributed by atoms with Crippen molar-refractivity contribution in [1.29, 1.82) is 0 Å². The summed E-state index contributed by atoms with van der Waals surface area (Å²) in [5, 5.41) is 7.36. The Balaban J connectivity index is 2.10. The monoisotopic (exact) mass is 281 g/mol. The summed E-state index contributed by atoms with van der Waals surface area (Å²) in [6.45, 7) is 0.752. The average molecular weight is 281 g/mol. The summed E-state index contributed by atoms with van der Waals surface area (Å²) in [7, 11) is 0. The fourth-order valence-electron chi connectivity index (χ4n) is 1.21. The molecule has 1 aromatic rings. The summed E-state index contributed by atoms with van der Waals surface area (Å²) in [6, 6.07) is 0. The van der Waals surface area contributed by atoms with E-state index in [4.69, 9.17) is 0 Å². The van der Waals surface area contributed by atoms with Gasteiger partial charge in [0.1, 0.15) is 0 Å². The van der Waals surface area contributed by atoms with Crippen LogP contribution in [0, 0.1) is 6.92 Å². The number of amides is 1. The fraction of sp³-hybridized carbons (Fsp3) is 0.600. The van der Waals surface area contributed by atoms with Gasteiger partial charge in [-0.3, -0.25) is 4.79 Å². The number of alkyl halides is 3. The maximum absolute atomic E-state index is 11.8. The number of nitrogens with one attached hydrogen (secondary N) is 2. The third-order valence-electron chi connectivity index (χ3n) is 1.94. The van der Waals surface area contributed by atoms with Crippen LogP contribution in [0.1, 0.15) is 10.7 Å². The fourth-order valence-corrected chi connectivity index (χ4v) is 1.98. The van der Waals surface area contributed by atoms with E-state index in [1.165, 1.54) is 11.3 Å². The van der Waals surface area contributed by atoms with E-state index in [0.717, 1.165) is 10.7 Å². The van der Waals surface area contributed by atoms with E-state index in [1.54, 1.807) is 0 Å². The molecule has 0 radical (unpaired) electrons. The van der Waals surface area contributed by atoms with E-state index in [0.29, 0.717) is 13.0 Å². The lowest BCUT2D eigenvalue weighted by Gasteiger charge is -2.08. The molecule has 0 unspecified atom stereocenters. The van der Waals surface area contributed by atoms with Gasteiger partial charge in [0.05, 0.1) is 18.1 Å². The highest BCUT2D eigenvalue weighted by molar-refractivity contribution is 7.09. The molecule has 0 atom stereocenters. The molecule has 0 bridgehead atoms. The van der Waals surface area contributed by atoms with E-state index in [1.807, 2.05) is 17.6 Å². The van der Waals surface area contributed by atoms with E-state index >= 15 is 0 Å². The lowest BCUT2D eigenvalue weighted by molar-refractivity contribution is -0.128. The number of hydrogen-bond donors (Lipinski definition) is 2. The van der Waals surface area contributed by atoms with Crippen LogP contribution in [0.4, 0.5) is 13.2 Å². The summed E-state index contributed by atoms with van der Waals surface area (Å²) < 4.78 is 35.3. The van der Waals surface area contributed by atoms with Gasteiger partial charge >= 0.3 is 6.18 Å². The Hall–Kier alpha value is -1.15. The van der Waals surface area contributed by atoms with Gasteiger partial charge in [-0.05, 0) is 6.92 Å². The predicted octanol–water partition coefficient (Wildman–Crippen LogP) is 1.26. The van der Waals surface area contributed by atoms with Crippen LogP contribution in [0.15, 0.2) is 5.38 Å². The number of aromatic nitrogens is 1. The summed E-state index contributed by atoms with van der Waals surface area (Å²) in [4.78, 5) is 15.4. The largest absolute Gasteiger partial charge is 0.401 e. The maximum atomic E-state index is 11.8. The zero-order valence-electron chi connectivity index (χ0n) is 9.80. The maximum Gasteiger partial charge on any atom is 0.401 e. The van der Waals surface area contributed by atoms with Crippen LogP contribution in [0.2, 0.25) is 0 Å². The van der Waals surface area contributed by atoms with Crippen LogP contribution in [-0.4, -0.2) is 36.7 Å². The number of carbonyl (C=O) groups is 1. The minimum atomic E-state index is -4.29. The second-order valence-electron chi connectivity index (χ2n) is 3.70. The quantitative estimate of drug-likeness (QED) is 0.825. The Kier molecular flexibility index (Phi) is 5.54. The highest BCUT2D eigenvalue weighted by Gasteiger charge is 2.26. The first-order chi connectivity index (χ1) is 8.37. The number of carbonyl (C=O) groups excluding carboxylic acids is 1. The highest BCUT2D eigenvalue weighted by Crippen LogP contribution is 2.11. The van der Waals surface area contributed by atoms with Crippen molar-refractivity contribution in [2.45, 2.75) is 19.5 Å². The summed E-state index contributed by atoms with van der Waals surface area (Å²) in [5.74, 6) is -0.451. The molecular formula is C10H14F3N3OS. The molecule has 102 valence electrons. The van der Waals surface area contributed by atoms with Gasteiger partial charge in [0.15, 0.2) is 0 Å². The van der Waals surface area contributed by atoms with Crippen molar-refractivity contribution >= 4 is 17.2 Å². The van der Waals surface area contributed by atoms with E-state index in [9.17, 15) is 18.0 Å². The Morgan fingerprint density at radius 3 is 2.78 bits per heavy atom. The first kappa shape index (κ1) is 14.9. The third kappa shape index (κ3) is 6.55. The molecule has 1 rings (SSSR count). The zero-order chi connectivity index (χ0) is 13.6. The summed E-state index contributed by atoms with van der Waals surface area (Å²) in [6.07, 6.45) is -3.71. The molecular weight excluding hydrogens is 267 g/mol. The predicted molar refractivity (Wildman–Crippen MR) is 62.5 cm³/mol. The van der Waals surface area contributed by atoms with Crippen LogP contribution >= 0.6 is 11.3 Å². The Labute approximate surface area is 107 Å².